The predicted molar refractivity (Wildman–Crippen MR) is 65.0 cm³/mol. The number of aliphatic hydroxyl groups is 1. The lowest BCUT2D eigenvalue weighted by atomic mass is 9.91. The third-order valence-electron chi connectivity index (χ3n) is 3.41. The van der Waals surface area contributed by atoms with E-state index in [1.54, 1.807) is 0 Å². The highest BCUT2D eigenvalue weighted by atomic mass is 16.3. The van der Waals surface area contributed by atoms with E-state index in [1.807, 2.05) is 20.8 Å². The molecule has 0 heterocycles. The van der Waals surface area contributed by atoms with E-state index in [0.717, 1.165) is 0 Å². The number of nitrogens with one attached hydrogen (secondary N) is 1. The average molecular weight is 227 g/mol. The van der Waals surface area contributed by atoms with Gasteiger partial charge in [-0.25, -0.2) is 0 Å². The van der Waals surface area contributed by atoms with Crippen LogP contribution in [0.4, 0.5) is 0 Å². The van der Waals surface area contributed by atoms with E-state index in [-0.39, 0.29) is 24.0 Å². The minimum absolute atomic E-state index is 0.0952. The van der Waals surface area contributed by atoms with Crippen LogP contribution >= 0.6 is 0 Å². The van der Waals surface area contributed by atoms with Gasteiger partial charge in [0.1, 0.15) is 0 Å². The zero-order valence-electron chi connectivity index (χ0n) is 10.8. The summed E-state index contributed by atoms with van der Waals surface area (Å²) in [5, 5.41) is 12.2. The molecule has 0 aromatic rings. The Morgan fingerprint density at radius 1 is 1.38 bits per heavy atom. The molecule has 0 aromatic heterocycles. The Hall–Kier alpha value is -0.570. The molecule has 0 saturated heterocycles. The molecule has 1 aliphatic carbocycles. The molecule has 16 heavy (non-hydrogen) atoms. The molecule has 0 bridgehead atoms. The summed E-state index contributed by atoms with van der Waals surface area (Å²) >= 11 is 0. The third-order valence-corrected chi connectivity index (χ3v) is 3.41. The molecular formula is C13H25NO2. The number of rotatable bonds is 4. The van der Waals surface area contributed by atoms with Crippen LogP contribution in [0.25, 0.3) is 0 Å². The normalized spacial score (nSPS) is 19.8. The van der Waals surface area contributed by atoms with Crippen molar-refractivity contribution in [1.82, 2.24) is 5.32 Å². The van der Waals surface area contributed by atoms with Crippen LogP contribution in [-0.2, 0) is 4.79 Å². The smallest absolute Gasteiger partial charge is 0.225 e. The van der Waals surface area contributed by atoms with E-state index >= 15 is 0 Å². The van der Waals surface area contributed by atoms with E-state index in [1.165, 1.54) is 25.7 Å². The summed E-state index contributed by atoms with van der Waals surface area (Å²) < 4.78 is 0. The molecule has 2 N–H and O–H groups in total. The molecule has 94 valence electrons. The number of carbonyl (C=O) groups is 1. The van der Waals surface area contributed by atoms with E-state index < -0.39 is 0 Å². The first-order valence-electron chi connectivity index (χ1n) is 6.37. The maximum Gasteiger partial charge on any atom is 0.225 e. The van der Waals surface area contributed by atoms with Crippen molar-refractivity contribution < 1.29 is 9.90 Å². The van der Waals surface area contributed by atoms with Crippen molar-refractivity contribution in [2.45, 2.75) is 58.9 Å². The highest BCUT2D eigenvalue weighted by molar-refractivity contribution is 5.81. The van der Waals surface area contributed by atoms with Gasteiger partial charge in [-0.2, -0.15) is 0 Å². The van der Waals surface area contributed by atoms with Gasteiger partial charge in [-0.3, -0.25) is 4.79 Å². The summed E-state index contributed by atoms with van der Waals surface area (Å²) in [5.74, 6) is 0.663. The maximum atomic E-state index is 11.9. The van der Waals surface area contributed by atoms with E-state index in [0.29, 0.717) is 12.3 Å². The van der Waals surface area contributed by atoms with Crippen molar-refractivity contribution in [3.63, 3.8) is 0 Å². The number of aliphatic hydroxyl groups excluding tert-OH is 1. The maximum absolute atomic E-state index is 11.9. The van der Waals surface area contributed by atoms with Crippen LogP contribution in [0.5, 0.6) is 0 Å². The van der Waals surface area contributed by atoms with Crippen molar-refractivity contribution in [1.29, 1.82) is 0 Å². The zero-order chi connectivity index (χ0) is 12.2. The van der Waals surface area contributed by atoms with Gasteiger partial charge in [0, 0.05) is 18.1 Å². The Balaban J connectivity index is 2.53. The number of hydrogen-bond acceptors (Lipinski definition) is 2. The van der Waals surface area contributed by atoms with E-state index in [9.17, 15) is 4.79 Å². The summed E-state index contributed by atoms with van der Waals surface area (Å²) in [6.07, 6.45) is 5.59. The number of carbonyl (C=O) groups excluding carboxylic acids is 1. The second kappa shape index (κ2) is 5.67. The van der Waals surface area contributed by atoms with Crippen molar-refractivity contribution in [2.75, 3.05) is 6.61 Å². The first-order chi connectivity index (χ1) is 7.45. The van der Waals surface area contributed by atoms with Gasteiger partial charge in [-0.15, -0.1) is 0 Å². The third kappa shape index (κ3) is 3.78. The van der Waals surface area contributed by atoms with Gasteiger partial charge in [0.25, 0.3) is 0 Å². The largest absolute Gasteiger partial charge is 0.396 e. The highest BCUT2D eigenvalue weighted by Crippen LogP contribution is 2.29. The molecule has 1 fully saturated rings. The lowest BCUT2D eigenvalue weighted by Gasteiger charge is -2.28. The Morgan fingerprint density at radius 3 is 2.38 bits per heavy atom. The zero-order valence-corrected chi connectivity index (χ0v) is 10.8. The van der Waals surface area contributed by atoms with Gasteiger partial charge >= 0.3 is 0 Å². The lowest BCUT2D eigenvalue weighted by molar-refractivity contribution is -0.129. The molecule has 3 heteroatoms. The van der Waals surface area contributed by atoms with Gasteiger partial charge in [-0.05, 0) is 25.2 Å². The summed E-state index contributed by atoms with van der Waals surface area (Å²) in [6, 6.07) is 0.166. The quantitative estimate of drug-likeness (QED) is 0.772. The number of amides is 1. The first-order valence-corrected chi connectivity index (χ1v) is 6.37. The Kier molecular flexibility index (Phi) is 4.78. The molecule has 1 atom stereocenters. The van der Waals surface area contributed by atoms with Crippen LogP contribution in [-0.4, -0.2) is 23.7 Å². The Bertz CT molecular complexity index is 227. The standard InChI is InChI=1S/C13H25NO2/c1-13(2,3)12(16)14-11(8-9-15)10-6-4-5-7-10/h10-11,15H,4-9H2,1-3H3,(H,14,16). The van der Waals surface area contributed by atoms with Crippen LogP contribution in [0.2, 0.25) is 0 Å². The molecule has 0 aromatic carbocycles. The topological polar surface area (TPSA) is 49.3 Å². The monoisotopic (exact) mass is 227 g/mol. The fourth-order valence-corrected chi connectivity index (χ4v) is 2.31. The second-order valence-corrected chi connectivity index (χ2v) is 5.89. The van der Waals surface area contributed by atoms with Crippen LogP contribution < -0.4 is 5.32 Å². The Morgan fingerprint density at radius 2 is 1.94 bits per heavy atom. The molecule has 1 aliphatic rings. The first kappa shape index (κ1) is 13.5. The van der Waals surface area contributed by atoms with Gasteiger partial charge in [0.05, 0.1) is 0 Å². The van der Waals surface area contributed by atoms with Crippen LogP contribution in [0.3, 0.4) is 0 Å². The summed E-state index contributed by atoms with van der Waals surface area (Å²) in [5.41, 5.74) is -0.341. The predicted octanol–water partition coefficient (Wildman–Crippen LogP) is 2.09. The minimum Gasteiger partial charge on any atom is -0.396 e. The molecule has 0 spiro atoms. The average Bonchev–Trinajstić information content (AvgIpc) is 2.68. The van der Waals surface area contributed by atoms with Crippen LogP contribution in [0.1, 0.15) is 52.9 Å². The number of hydrogen-bond donors (Lipinski definition) is 2. The lowest BCUT2D eigenvalue weighted by Crippen LogP contribution is -2.45. The fourth-order valence-electron chi connectivity index (χ4n) is 2.31. The molecule has 1 saturated carbocycles. The summed E-state index contributed by atoms with van der Waals surface area (Å²) in [6.45, 7) is 5.93. The van der Waals surface area contributed by atoms with Crippen LogP contribution in [0, 0.1) is 11.3 Å². The molecule has 1 amide bonds. The highest BCUT2D eigenvalue weighted by Gasteiger charge is 2.29. The van der Waals surface area contributed by atoms with Crippen molar-refractivity contribution in [2.24, 2.45) is 11.3 Å². The summed E-state index contributed by atoms with van der Waals surface area (Å²) in [4.78, 5) is 11.9. The van der Waals surface area contributed by atoms with E-state index in [4.69, 9.17) is 5.11 Å². The van der Waals surface area contributed by atoms with Gasteiger partial charge < -0.3 is 10.4 Å². The van der Waals surface area contributed by atoms with Gasteiger partial charge in [-0.1, -0.05) is 33.6 Å². The van der Waals surface area contributed by atoms with E-state index in [2.05, 4.69) is 5.32 Å². The SMILES string of the molecule is CC(C)(C)C(=O)NC(CCO)C1CCCC1. The van der Waals surface area contributed by atoms with Crippen molar-refractivity contribution in [3.05, 3.63) is 0 Å². The van der Waals surface area contributed by atoms with Crippen molar-refractivity contribution >= 4 is 5.91 Å². The van der Waals surface area contributed by atoms with Gasteiger partial charge in [0.15, 0.2) is 0 Å². The van der Waals surface area contributed by atoms with Crippen molar-refractivity contribution in [3.8, 4) is 0 Å². The second-order valence-electron chi connectivity index (χ2n) is 5.89. The minimum atomic E-state index is -0.341. The molecule has 1 unspecified atom stereocenters. The van der Waals surface area contributed by atoms with Gasteiger partial charge in [0.2, 0.25) is 5.91 Å². The molecular weight excluding hydrogens is 202 g/mol. The molecule has 3 nitrogen and oxygen atoms in total. The molecule has 0 radical (unpaired) electrons. The van der Waals surface area contributed by atoms with Crippen LogP contribution in [0.15, 0.2) is 0 Å². The Labute approximate surface area is 98.6 Å². The summed E-state index contributed by atoms with van der Waals surface area (Å²) in [7, 11) is 0. The molecule has 1 rings (SSSR count). The molecule has 0 aliphatic heterocycles. The fraction of sp³-hybridized carbons (Fsp3) is 0.923.